The van der Waals surface area contributed by atoms with Crippen molar-refractivity contribution in [2.75, 3.05) is 6.54 Å². The van der Waals surface area contributed by atoms with Gasteiger partial charge in [0, 0.05) is 25.2 Å². The minimum atomic E-state index is 0.302. The van der Waals surface area contributed by atoms with Gasteiger partial charge in [0.2, 0.25) is 0 Å². The molecule has 0 radical (unpaired) electrons. The van der Waals surface area contributed by atoms with Crippen LogP contribution in [0.4, 0.5) is 0 Å². The van der Waals surface area contributed by atoms with Crippen LogP contribution in [0.15, 0.2) is 0 Å². The lowest BCUT2D eigenvalue weighted by atomic mass is 10.0. The molecule has 21 heavy (non-hydrogen) atoms. The number of nitrogens with one attached hydrogen (secondary N) is 1. The minimum Gasteiger partial charge on any atom is -0.313 e. The number of nitrogens with zero attached hydrogens (tertiary/aromatic N) is 6. The van der Waals surface area contributed by atoms with E-state index in [0.717, 1.165) is 37.3 Å². The van der Waals surface area contributed by atoms with E-state index in [2.05, 4.69) is 46.6 Å². The second-order valence-electron chi connectivity index (χ2n) is 5.53. The average Bonchev–Trinajstić information content (AvgIpc) is 2.94. The zero-order chi connectivity index (χ0) is 15.4. The SMILES string of the molecule is CCCNC(Cc1nnn(C)n1)Cc1c(C)nn(C)c1C. The Morgan fingerprint density at radius 2 is 1.90 bits per heavy atom. The Labute approximate surface area is 125 Å². The van der Waals surface area contributed by atoms with Crippen LogP contribution in [0.5, 0.6) is 0 Å². The van der Waals surface area contributed by atoms with Crippen molar-refractivity contribution in [2.24, 2.45) is 14.1 Å². The molecule has 0 aromatic carbocycles. The second kappa shape index (κ2) is 6.80. The summed E-state index contributed by atoms with van der Waals surface area (Å²) in [6.07, 6.45) is 2.82. The maximum atomic E-state index is 4.50. The molecule has 1 atom stereocenters. The van der Waals surface area contributed by atoms with E-state index < -0.39 is 0 Å². The molecule has 1 N–H and O–H groups in total. The largest absolute Gasteiger partial charge is 0.313 e. The van der Waals surface area contributed by atoms with Crippen LogP contribution in [0, 0.1) is 13.8 Å². The zero-order valence-corrected chi connectivity index (χ0v) is 13.6. The van der Waals surface area contributed by atoms with Gasteiger partial charge >= 0.3 is 0 Å². The quantitative estimate of drug-likeness (QED) is 0.813. The number of tetrazole rings is 1. The predicted molar refractivity (Wildman–Crippen MR) is 81.0 cm³/mol. The summed E-state index contributed by atoms with van der Waals surface area (Å²) >= 11 is 0. The highest BCUT2D eigenvalue weighted by atomic mass is 15.6. The van der Waals surface area contributed by atoms with Crippen LogP contribution in [-0.4, -0.2) is 42.6 Å². The third-order valence-corrected chi connectivity index (χ3v) is 3.77. The Balaban J connectivity index is 2.12. The van der Waals surface area contributed by atoms with Gasteiger partial charge in [0.1, 0.15) is 0 Å². The number of hydrogen-bond donors (Lipinski definition) is 1. The highest BCUT2D eigenvalue weighted by molar-refractivity contribution is 5.25. The molecule has 2 rings (SSSR count). The van der Waals surface area contributed by atoms with Crippen molar-refractivity contribution in [3.8, 4) is 0 Å². The molecule has 0 bridgehead atoms. The monoisotopic (exact) mass is 291 g/mol. The molecular weight excluding hydrogens is 266 g/mol. The standard InChI is InChI=1S/C14H25N7/c1-6-7-15-12(9-14-16-19-21(5)18-14)8-13-10(2)17-20(4)11(13)3/h12,15H,6-9H2,1-5H3. The summed E-state index contributed by atoms with van der Waals surface area (Å²) in [4.78, 5) is 1.51. The lowest BCUT2D eigenvalue weighted by Gasteiger charge is -2.17. The summed E-state index contributed by atoms with van der Waals surface area (Å²) < 4.78 is 1.95. The molecule has 2 aromatic heterocycles. The molecule has 0 aliphatic rings. The van der Waals surface area contributed by atoms with Crippen molar-refractivity contribution in [1.82, 2.24) is 35.3 Å². The summed E-state index contributed by atoms with van der Waals surface area (Å²) in [5, 5.41) is 20.4. The lowest BCUT2D eigenvalue weighted by Crippen LogP contribution is -2.34. The first-order valence-corrected chi connectivity index (χ1v) is 7.46. The minimum absolute atomic E-state index is 0.302. The normalized spacial score (nSPS) is 12.8. The summed E-state index contributed by atoms with van der Waals surface area (Å²) in [6.45, 7) is 7.35. The first-order valence-electron chi connectivity index (χ1n) is 7.46. The molecule has 0 amide bonds. The van der Waals surface area contributed by atoms with Crippen molar-refractivity contribution in [1.29, 1.82) is 0 Å². The third kappa shape index (κ3) is 3.87. The Hall–Kier alpha value is -1.76. The molecule has 0 aliphatic carbocycles. The first kappa shape index (κ1) is 15.6. The van der Waals surface area contributed by atoms with Crippen LogP contribution >= 0.6 is 0 Å². The average molecular weight is 291 g/mol. The number of aryl methyl sites for hydroxylation is 3. The molecule has 0 saturated carbocycles. The Kier molecular flexibility index (Phi) is 5.06. The molecule has 2 heterocycles. The van der Waals surface area contributed by atoms with Gasteiger partial charge in [-0.2, -0.15) is 9.90 Å². The van der Waals surface area contributed by atoms with Gasteiger partial charge < -0.3 is 5.32 Å². The number of aromatic nitrogens is 6. The van der Waals surface area contributed by atoms with E-state index >= 15 is 0 Å². The van der Waals surface area contributed by atoms with Crippen LogP contribution in [0.1, 0.15) is 36.1 Å². The van der Waals surface area contributed by atoms with E-state index in [1.165, 1.54) is 16.1 Å². The van der Waals surface area contributed by atoms with Gasteiger partial charge in [0.25, 0.3) is 0 Å². The molecule has 7 heteroatoms. The van der Waals surface area contributed by atoms with E-state index in [1.54, 1.807) is 7.05 Å². The summed E-state index contributed by atoms with van der Waals surface area (Å²) in [5.74, 6) is 0.783. The van der Waals surface area contributed by atoms with Gasteiger partial charge in [0.05, 0.1) is 12.7 Å². The zero-order valence-electron chi connectivity index (χ0n) is 13.6. The van der Waals surface area contributed by atoms with Gasteiger partial charge in [0.15, 0.2) is 5.82 Å². The van der Waals surface area contributed by atoms with Crippen LogP contribution in [0.3, 0.4) is 0 Å². The molecular formula is C14H25N7. The van der Waals surface area contributed by atoms with Gasteiger partial charge in [-0.25, -0.2) is 0 Å². The highest BCUT2D eigenvalue weighted by Crippen LogP contribution is 2.15. The van der Waals surface area contributed by atoms with Crippen molar-refractivity contribution >= 4 is 0 Å². The van der Waals surface area contributed by atoms with Crippen molar-refractivity contribution in [2.45, 2.75) is 46.1 Å². The van der Waals surface area contributed by atoms with Crippen LogP contribution in [0.2, 0.25) is 0 Å². The van der Waals surface area contributed by atoms with Gasteiger partial charge in [-0.15, -0.1) is 10.2 Å². The van der Waals surface area contributed by atoms with Gasteiger partial charge in [-0.1, -0.05) is 6.92 Å². The molecule has 2 aromatic rings. The van der Waals surface area contributed by atoms with E-state index in [9.17, 15) is 0 Å². The van der Waals surface area contributed by atoms with Crippen LogP contribution < -0.4 is 5.32 Å². The van der Waals surface area contributed by atoms with Crippen molar-refractivity contribution in [3.63, 3.8) is 0 Å². The third-order valence-electron chi connectivity index (χ3n) is 3.77. The van der Waals surface area contributed by atoms with E-state index in [-0.39, 0.29) is 0 Å². The topological polar surface area (TPSA) is 73.5 Å². The maximum absolute atomic E-state index is 4.50. The molecule has 0 fully saturated rings. The molecule has 0 saturated heterocycles. The fraction of sp³-hybridized carbons (Fsp3) is 0.714. The van der Waals surface area contributed by atoms with Crippen LogP contribution in [0.25, 0.3) is 0 Å². The van der Waals surface area contributed by atoms with Gasteiger partial charge in [-0.05, 0) is 44.0 Å². The Morgan fingerprint density at radius 1 is 1.14 bits per heavy atom. The number of hydrogen-bond acceptors (Lipinski definition) is 5. The molecule has 116 valence electrons. The molecule has 0 spiro atoms. The summed E-state index contributed by atoms with van der Waals surface area (Å²) in [7, 11) is 3.78. The van der Waals surface area contributed by atoms with Crippen molar-refractivity contribution in [3.05, 3.63) is 22.8 Å². The van der Waals surface area contributed by atoms with E-state index in [0.29, 0.717) is 6.04 Å². The first-order chi connectivity index (χ1) is 10.0. The molecule has 1 unspecified atom stereocenters. The van der Waals surface area contributed by atoms with Crippen molar-refractivity contribution < 1.29 is 0 Å². The smallest absolute Gasteiger partial charge is 0.176 e. The van der Waals surface area contributed by atoms with Gasteiger partial charge in [-0.3, -0.25) is 4.68 Å². The Bertz CT molecular complexity index is 584. The summed E-state index contributed by atoms with van der Waals surface area (Å²) in [6, 6.07) is 0.302. The predicted octanol–water partition coefficient (Wildman–Crippen LogP) is 0.714. The highest BCUT2D eigenvalue weighted by Gasteiger charge is 2.18. The second-order valence-corrected chi connectivity index (χ2v) is 5.53. The number of rotatable bonds is 7. The van der Waals surface area contributed by atoms with Crippen LogP contribution in [-0.2, 0) is 26.9 Å². The Morgan fingerprint density at radius 3 is 2.43 bits per heavy atom. The summed E-state index contributed by atoms with van der Waals surface area (Å²) in [5.41, 5.74) is 3.64. The molecule has 0 aliphatic heterocycles. The lowest BCUT2D eigenvalue weighted by molar-refractivity contribution is 0.492. The molecule has 7 nitrogen and oxygen atoms in total. The fourth-order valence-electron chi connectivity index (χ4n) is 2.55. The fourth-order valence-corrected chi connectivity index (χ4v) is 2.55. The van der Waals surface area contributed by atoms with E-state index in [1.807, 2.05) is 11.7 Å². The van der Waals surface area contributed by atoms with E-state index in [4.69, 9.17) is 0 Å². The maximum Gasteiger partial charge on any atom is 0.176 e.